The van der Waals surface area contributed by atoms with Gasteiger partial charge in [-0.3, -0.25) is 0 Å². The third-order valence-electron chi connectivity index (χ3n) is 2.48. The molecule has 0 unspecified atom stereocenters. The molecule has 2 rings (SSSR count). The SMILES string of the molecule is Cc1cc(Cl)cc([C@H](N)c2cccs2)c1O.Cl. The summed E-state index contributed by atoms with van der Waals surface area (Å²) < 4.78 is 0. The molecule has 2 aromatic rings. The second kappa shape index (κ2) is 5.74. The molecule has 17 heavy (non-hydrogen) atoms. The van der Waals surface area contributed by atoms with Crippen molar-refractivity contribution in [2.75, 3.05) is 0 Å². The van der Waals surface area contributed by atoms with E-state index in [-0.39, 0.29) is 24.2 Å². The summed E-state index contributed by atoms with van der Waals surface area (Å²) in [6, 6.07) is 7.01. The Bertz CT molecular complexity index is 499. The van der Waals surface area contributed by atoms with Crippen LogP contribution in [-0.4, -0.2) is 5.11 Å². The Morgan fingerprint density at radius 3 is 2.71 bits per heavy atom. The second-order valence-corrected chi connectivity index (χ2v) is 5.07. The molecule has 0 saturated heterocycles. The summed E-state index contributed by atoms with van der Waals surface area (Å²) in [6.45, 7) is 1.81. The van der Waals surface area contributed by atoms with Crippen LogP contribution in [0.15, 0.2) is 29.6 Å². The van der Waals surface area contributed by atoms with E-state index < -0.39 is 0 Å². The van der Waals surface area contributed by atoms with Crippen LogP contribution in [0.25, 0.3) is 0 Å². The standard InChI is InChI=1S/C12H12ClNOS.ClH/c1-7-5-8(13)6-9(12(7)15)11(14)10-3-2-4-16-10;/h2-6,11,15H,14H2,1H3;1H/t11-;/m0./s1. The van der Waals surface area contributed by atoms with Gasteiger partial charge in [-0.05, 0) is 36.1 Å². The molecular weight excluding hydrogens is 277 g/mol. The molecule has 0 saturated carbocycles. The van der Waals surface area contributed by atoms with Gasteiger partial charge in [0.15, 0.2) is 0 Å². The highest BCUT2D eigenvalue weighted by atomic mass is 35.5. The number of hydrogen-bond donors (Lipinski definition) is 2. The van der Waals surface area contributed by atoms with Gasteiger partial charge in [-0.2, -0.15) is 0 Å². The van der Waals surface area contributed by atoms with E-state index in [0.29, 0.717) is 10.6 Å². The van der Waals surface area contributed by atoms with Crippen LogP contribution in [0.3, 0.4) is 0 Å². The fourth-order valence-electron chi connectivity index (χ4n) is 1.62. The highest BCUT2D eigenvalue weighted by molar-refractivity contribution is 7.10. The molecule has 1 aromatic heterocycles. The van der Waals surface area contributed by atoms with Gasteiger partial charge >= 0.3 is 0 Å². The number of nitrogens with two attached hydrogens (primary N) is 1. The lowest BCUT2D eigenvalue weighted by atomic mass is 10.0. The first kappa shape index (κ1) is 14.3. The van der Waals surface area contributed by atoms with Crippen molar-refractivity contribution in [3.05, 3.63) is 50.7 Å². The lowest BCUT2D eigenvalue weighted by molar-refractivity contribution is 0.461. The molecule has 1 heterocycles. The van der Waals surface area contributed by atoms with E-state index in [2.05, 4.69) is 0 Å². The van der Waals surface area contributed by atoms with Gasteiger partial charge in [-0.15, -0.1) is 23.7 Å². The minimum Gasteiger partial charge on any atom is -0.507 e. The van der Waals surface area contributed by atoms with Crippen molar-refractivity contribution < 1.29 is 5.11 Å². The summed E-state index contributed by atoms with van der Waals surface area (Å²) in [6.07, 6.45) is 0. The van der Waals surface area contributed by atoms with E-state index in [1.807, 2.05) is 24.4 Å². The summed E-state index contributed by atoms with van der Waals surface area (Å²) in [5.74, 6) is 0.227. The fourth-order valence-corrected chi connectivity index (χ4v) is 2.65. The molecule has 0 fully saturated rings. The highest BCUT2D eigenvalue weighted by Gasteiger charge is 2.16. The van der Waals surface area contributed by atoms with Gasteiger partial charge in [0.25, 0.3) is 0 Å². The first-order chi connectivity index (χ1) is 7.59. The molecule has 0 spiro atoms. The van der Waals surface area contributed by atoms with Gasteiger partial charge in [-0.1, -0.05) is 17.7 Å². The van der Waals surface area contributed by atoms with Crippen molar-refractivity contribution in [2.45, 2.75) is 13.0 Å². The quantitative estimate of drug-likeness (QED) is 0.881. The molecule has 2 nitrogen and oxygen atoms in total. The third-order valence-corrected chi connectivity index (χ3v) is 3.65. The van der Waals surface area contributed by atoms with Gasteiger partial charge in [0.1, 0.15) is 5.75 Å². The number of aryl methyl sites for hydroxylation is 1. The Morgan fingerprint density at radius 2 is 2.12 bits per heavy atom. The van der Waals surface area contributed by atoms with Crippen molar-refractivity contribution in [1.82, 2.24) is 0 Å². The summed E-state index contributed by atoms with van der Waals surface area (Å²) in [4.78, 5) is 1.01. The van der Waals surface area contributed by atoms with Crippen LogP contribution in [0, 0.1) is 6.92 Å². The van der Waals surface area contributed by atoms with Gasteiger partial charge in [0, 0.05) is 15.5 Å². The normalized spacial score (nSPS) is 11.9. The van der Waals surface area contributed by atoms with Gasteiger partial charge in [0.05, 0.1) is 6.04 Å². The van der Waals surface area contributed by atoms with Crippen molar-refractivity contribution >= 4 is 35.3 Å². The predicted molar refractivity (Wildman–Crippen MR) is 75.5 cm³/mol. The van der Waals surface area contributed by atoms with E-state index in [9.17, 15) is 5.11 Å². The number of benzene rings is 1. The molecule has 0 aliphatic heterocycles. The van der Waals surface area contributed by atoms with Gasteiger partial charge in [0.2, 0.25) is 0 Å². The van der Waals surface area contributed by atoms with E-state index in [4.69, 9.17) is 17.3 Å². The van der Waals surface area contributed by atoms with Crippen molar-refractivity contribution in [1.29, 1.82) is 0 Å². The molecular formula is C12H13Cl2NOS. The minimum atomic E-state index is -0.322. The lowest BCUT2D eigenvalue weighted by Crippen LogP contribution is -2.10. The molecule has 5 heteroatoms. The Labute approximate surface area is 115 Å². The van der Waals surface area contributed by atoms with E-state index in [1.165, 1.54) is 0 Å². The zero-order chi connectivity index (χ0) is 11.7. The van der Waals surface area contributed by atoms with E-state index in [1.54, 1.807) is 23.5 Å². The van der Waals surface area contributed by atoms with Crippen LogP contribution < -0.4 is 5.73 Å². The Kier molecular flexibility index (Phi) is 4.83. The average molecular weight is 290 g/mol. The van der Waals surface area contributed by atoms with Gasteiger partial charge < -0.3 is 10.8 Å². The Balaban J connectivity index is 0.00000144. The zero-order valence-electron chi connectivity index (χ0n) is 9.18. The average Bonchev–Trinajstić information content (AvgIpc) is 2.75. The number of phenolic OH excluding ortho intramolecular Hbond substituents is 1. The lowest BCUT2D eigenvalue weighted by Gasteiger charge is -2.14. The van der Waals surface area contributed by atoms with Crippen LogP contribution in [0.2, 0.25) is 5.02 Å². The van der Waals surface area contributed by atoms with Crippen LogP contribution in [0.1, 0.15) is 22.0 Å². The number of rotatable bonds is 2. The molecule has 0 aliphatic rings. The number of thiophene rings is 1. The minimum absolute atomic E-state index is 0. The summed E-state index contributed by atoms with van der Waals surface area (Å²) >= 11 is 7.53. The smallest absolute Gasteiger partial charge is 0.123 e. The van der Waals surface area contributed by atoms with Crippen LogP contribution >= 0.6 is 35.3 Å². The predicted octanol–water partition coefficient (Wildman–Crippen LogP) is 3.89. The van der Waals surface area contributed by atoms with Crippen molar-refractivity contribution in [3.63, 3.8) is 0 Å². The van der Waals surface area contributed by atoms with Crippen LogP contribution in [0.4, 0.5) is 0 Å². The summed E-state index contributed by atoms with van der Waals surface area (Å²) in [5, 5.41) is 12.5. The molecule has 0 radical (unpaired) electrons. The topological polar surface area (TPSA) is 46.2 Å². The highest BCUT2D eigenvalue weighted by Crippen LogP contribution is 2.34. The molecule has 92 valence electrons. The summed E-state index contributed by atoms with van der Waals surface area (Å²) in [7, 11) is 0. The monoisotopic (exact) mass is 289 g/mol. The maximum atomic E-state index is 9.96. The largest absolute Gasteiger partial charge is 0.507 e. The fraction of sp³-hybridized carbons (Fsp3) is 0.167. The number of hydrogen-bond acceptors (Lipinski definition) is 3. The number of phenols is 1. The number of aromatic hydroxyl groups is 1. The maximum Gasteiger partial charge on any atom is 0.123 e. The second-order valence-electron chi connectivity index (χ2n) is 3.65. The Hall–Kier alpha value is -0.740. The van der Waals surface area contributed by atoms with Crippen molar-refractivity contribution in [2.24, 2.45) is 5.73 Å². The molecule has 0 bridgehead atoms. The number of halogens is 2. The zero-order valence-corrected chi connectivity index (χ0v) is 11.6. The molecule has 3 N–H and O–H groups in total. The summed E-state index contributed by atoms with van der Waals surface area (Å²) in [5.41, 5.74) is 7.51. The third kappa shape index (κ3) is 2.93. The van der Waals surface area contributed by atoms with Gasteiger partial charge in [-0.25, -0.2) is 0 Å². The first-order valence-corrected chi connectivity index (χ1v) is 6.13. The van der Waals surface area contributed by atoms with Crippen molar-refractivity contribution in [3.8, 4) is 5.75 Å². The molecule has 1 atom stereocenters. The van der Waals surface area contributed by atoms with Crippen LogP contribution in [0.5, 0.6) is 5.75 Å². The van der Waals surface area contributed by atoms with E-state index in [0.717, 1.165) is 10.4 Å². The maximum absolute atomic E-state index is 9.96. The molecule has 0 aliphatic carbocycles. The van der Waals surface area contributed by atoms with E-state index >= 15 is 0 Å². The molecule has 0 amide bonds. The van der Waals surface area contributed by atoms with Crippen LogP contribution in [-0.2, 0) is 0 Å². The Morgan fingerprint density at radius 1 is 1.41 bits per heavy atom. The first-order valence-electron chi connectivity index (χ1n) is 4.87. The molecule has 1 aromatic carbocycles.